The SMILES string of the molecule is CNc1ccc2c(c1)C(c1ccc(C#N)cc1)N(C#N)C2. The lowest BCUT2D eigenvalue weighted by atomic mass is 9.97. The van der Waals surface area contributed by atoms with E-state index in [0.717, 1.165) is 16.8 Å². The van der Waals surface area contributed by atoms with E-state index in [9.17, 15) is 5.26 Å². The first-order valence-corrected chi connectivity index (χ1v) is 6.74. The van der Waals surface area contributed by atoms with Crippen LogP contribution in [0.25, 0.3) is 0 Å². The summed E-state index contributed by atoms with van der Waals surface area (Å²) in [7, 11) is 1.88. The highest BCUT2D eigenvalue weighted by molar-refractivity contribution is 5.53. The first kappa shape index (κ1) is 13.0. The maximum atomic E-state index is 9.41. The summed E-state index contributed by atoms with van der Waals surface area (Å²) in [6, 6.07) is 15.7. The number of rotatable bonds is 2. The second-order valence-electron chi connectivity index (χ2n) is 5.03. The van der Waals surface area contributed by atoms with E-state index in [4.69, 9.17) is 5.26 Å². The lowest BCUT2D eigenvalue weighted by Gasteiger charge is -2.20. The van der Waals surface area contributed by atoms with Crippen LogP contribution < -0.4 is 5.32 Å². The molecule has 0 aliphatic carbocycles. The molecule has 0 radical (unpaired) electrons. The Labute approximate surface area is 123 Å². The number of nitrogens with one attached hydrogen (secondary N) is 1. The van der Waals surface area contributed by atoms with Crippen molar-refractivity contribution in [1.82, 2.24) is 4.90 Å². The summed E-state index contributed by atoms with van der Waals surface area (Å²) < 4.78 is 0. The molecule has 21 heavy (non-hydrogen) atoms. The molecule has 102 valence electrons. The molecule has 0 saturated heterocycles. The van der Waals surface area contributed by atoms with Crippen molar-refractivity contribution >= 4 is 5.69 Å². The molecule has 1 atom stereocenters. The molecule has 1 aliphatic rings. The zero-order valence-electron chi connectivity index (χ0n) is 11.7. The van der Waals surface area contributed by atoms with E-state index in [1.165, 1.54) is 5.56 Å². The van der Waals surface area contributed by atoms with Crippen LogP contribution >= 0.6 is 0 Å². The van der Waals surface area contributed by atoms with Crippen molar-refractivity contribution in [2.75, 3.05) is 12.4 Å². The Bertz CT molecular complexity index is 750. The highest BCUT2D eigenvalue weighted by Gasteiger charge is 2.31. The summed E-state index contributed by atoms with van der Waals surface area (Å²) in [5, 5.41) is 21.4. The highest BCUT2D eigenvalue weighted by Crippen LogP contribution is 2.39. The van der Waals surface area contributed by atoms with Crippen LogP contribution in [0.4, 0.5) is 5.69 Å². The molecule has 4 heteroatoms. The molecule has 2 aromatic rings. The van der Waals surface area contributed by atoms with Gasteiger partial charge in [0.05, 0.1) is 24.2 Å². The normalized spacial score (nSPS) is 16.0. The molecule has 0 aromatic heterocycles. The lowest BCUT2D eigenvalue weighted by molar-refractivity contribution is 0.362. The first-order valence-electron chi connectivity index (χ1n) is 6.74. The molecule has 0 fully saturated rings. The molecule has 4 nitrogen and oxygen atoms in total. The molecule has 0 spiro atoms. The second kappa shape index (κ2) is 5.19. The zero-order valence-corrected chi connectivity index (χ0v) is 11.7. The number of nitriles is 2. The van der Waals surface area contributed by atoms with Crippen molar-refractivity contribution in [2.45, 2.75) is 12.6 Å². The quantitative estimate of drug-likeness (QED) is 0.855. The monoisotopic (exact) mass is 274 g/mol. The van der Waals surface area contributed by atoms with Gasteiger partial charge in [0, 0.05) is 12.7 Å². The summed E-state index contributed by atoms with van der Waals surface area (Å²) >= 11 is 0. The molecule has 2 aromatic carbocycles. The Kier molecular flexibility index (Phi) is 3.22. The van der Waals surface area contributed by atoms with Crippen LogP contribution in [0, 0.1) is 22.8 Å². The van der Waals surface area contributed by atoms with Gasteiger partial charge in [-0.05, 0) is 41.0 Å². The van der Waals surface area contributed by atoms with Crippen LogP contribution in [0.2, 0.25) is 0 Å². The first-order chi connectivity index (χ1) is 10.3. The average Bonchev–Trinajstić information content (AvgIpc) is 2.92. The third-order valence-electron chi connectivity index (χ3n) is 3.87. The molecular formula is C17H14N4. The van der Waals surface area contributed by atoms with Crippen LogP contribution in [0.5, 0.6) is 0 Å². The number of benzene rings is 2. The van der Waals surface area contributed by atoms with E-state index < -0.39 is 0 Å². The molecule has 1 unspecified atom stereocenters. The van der Waals surface area contributed by atoms with E-state index in [-0.39, 0.29) is 6.04 Å². The summed E-state index contributed by atoms with van der Waals surface area (Å²) in [6.45, 7) is 0.625. The molecule has 1 aliphatic heterocycles. The fourth-order valence-corrected chi connectivity index (χ4v) is 2.78. The van der Waals surface area contributed by atoms with Crippen LogP contribution in [-0.2, 0) is 6.54 Å². The van der Waals surface area contributed by atoms with Crippen LogP contribution in [0.3, 0.4) is 0 Å². The highest BCUT2D eigenvalue weighted by atomic mass is 15.2. The lowest BCUT2D eigenvalue weighted by Crippen LogP contribution is -2.17. The average molecular weight is 274 g/mol. The van der Waals surface area contributed by atoms with Gasteiger partial charge in [0.25, 0.3) is 0 Å². The van der Waals surface area contributed by atoms with Crippen molar-refractivity contribution in [3.8, 4) is 12.3 Å². The Morgan fingerprint density at radius 1 is 1.14 bits per heavy atom. The molecule has 0 amide bonds. The van der Waals surface area contributed by atoms with Gasteiger partial charge in [-0.15, -0.1) is 0 Å². The van der Waals surface area contributed by atoms with Crippen molar-refractivity contribution < 1.29 is 0 Å². The number of anilines is 1. The minimum atomic E-state index is -0.0777. The van der Waals surface area contributed by atoms with Gasteiger partial charge < -0.3 is 5.32 Å². The van der Waals surface area contributed by atoms with Gasteiger partial charge in [-0.1, -0.05) is 18.2 Å². The summed E-state index contributed by atoms with van der Waals surface area (Å²) in [5.41, 5.74) is 5.01. The largest absolute Gasteiger partial charge is 0.388 e. The predicted octanol–water partition coefficient (Wildman–Crippen LogP) is 2.99. The zero-order chi connectivity index (χ0) is 14.8. The van der Waals surface area contributed by atoms with Crippen LogP contribution in [0.1, 0.15) is 28.3 Å². The topological polar surface area (TPSA) is 62.9 Å². The minimum Gasteiger partial charge on any atom is -0.388 e. The second-order valence-corrected chi connectivity index (χ2v) is 5.03. The molecule has 3 rings (SSSR count). The fourth-order valence-electron chi connectivity index (χ4n) is 2.78. The third-order valence-corrected chi connectivity index (χ3v) is 3.87. The van der Waals surface area contributed by atoms with Gasteiger partial charge in [0.2, 0.25) is 0 Å². The van der Waals surface area contributed by atoms with Gasteiger partial charge in [-0.25, -0.2) is 0 Å². The molecule has 0 bridgehead atoms. The Morgan fingerprint density at radius 2 is 1.90 bits per heavy atom. The molecule has 1 heterocycles. The van der Waals surface area contributed by atoms with Gasteiger partial charge in [0.1, 0.15) is 0 Å². The maximum absolute atomic E-state index is 9.41. The smallest absolute Gasteiger partial charge is 0.180 e. The number of nitrogens with zero attached hydrogens (tertiary/aromatic N) is 3. The van der Waals surface area contributed by atoms with Gasteiger partial charge in [-0.2, -0.15) is 10.5 Å². The van der Waals surface area contributed by atoms with Crippen molar-refractivity contribution in [2.24, 2.45) is 0 Å². The van der Waals surface area contributed by atoms with Gasteiger partial charge in [0.15, 0.2) is 6.19 Å². The van der Waals surface area contributed by atoms with Crippen molar-refractivity contribution in [3.05, 3.63) is 64.7 Å². The maximum Gasteiger partial charge on any atom is 0.180 e. The van der Waals surface area contributed by atoms with Crippen molar-refractivity contribution in [3.63, 3.8) is 0 Å². The molecular weight excluding hydrogens is 260 g/mol. The Balaban J connectivity index is 2.08. The standard InChI is InChI=1S/C17H14N4/c1-20-15-7-6-14-10-21(11-19)17(16(14)8-15)13-4-2-12(9-18)3-5-13/h2-8,17,20H,10H2,1H3. The summed E-state index contributed by atoms with van der Waals surface area (Å²) in [4.78, 5) is 1.77. The van der Waals surface area contributed by atoms with Gasteiger partial charge in [-0.3, -0.25) is 4.90 Å². The molecule has 0 saturated carbocycles. The number of hydrogen-bond donors (Lipinski definition) is 1. The third kappa shape index (κ3) is 2.17. The van der Waals surface area contributed by atoms with E-state index in [2.05, 4.69) is 29.7 Å². The summed E-state index contributed by atoms with van der Waals surface area (Å²) in [6.07, 6.45) is 2.27. The van der Waals surface area contributed by atoms with E-state index in [1.54, 1.807) is 17.0 Å². The Morgan fingerprint density at radius 3 is 2.52 bits per heavy atom. The Hall–Kier alpha value is -2.98. The van der Waals surface area contributed by atoms with Crippen molar-refractivity contribution in [1.29, 1.82) is 10.5 Å². The number of fused-ring (bicyclic) bond motifs is 1. The fraction of sp³-hybridized carbons (Fsp3) is 0.176. The number of hydrogen-bond acceptors (Lipinski definition) is 4. The summed E-state index contributed by atoms with van der Waals surface area (Å²) in [5.74, 6) is 0. The molecule has 1 N–H and O–H groups in total. The van der Waals surface area contributed by atoms with Crippen LogP contribution in [0.15, 0.2) is 42.5 Å². The van der Waals surface area contributed by atoms with Gasteiger partial charge >= 0.3 is 0 Å². The predicted molar refractivity (Wildman–Crippen MR) is 80.1 cm³/mol. The van der Waals surface area contributed by atoms with Crippen LogP contribution in [-0.4, -0.2) is 11.9 Å². The van der Waals surface area contributed by atoms with E-state index in [1.807, 2.05) is 25.2 Å². The van der Waals surface area contributed by atoms with E-state index >= 15 is 0 Å². The minimum absolute atomic E-state index is 0.0777. The van der Waals surface area contributed by atoms with E-state index in [0.29, 0.717) is 12.1 Å².